The van der Waals surface area contributed by atoms with Crippen LogP contribution in [0.3, 0.4) is 0 Å². The minimum absolute atomic E-state index is 0.754. The average Bonchev–Trinajstić information content (AvgIpc) is 2.74. The predicted octanol–water partition coefficient (Wildman–Crippen LogP) is 1.53. The van der Waals surface area contributed by atoms with Crippen LogP contribution in [0.4, 0.5) is 0 Å². The summed E-state index contributed by atoms with van der Waals surface area (Å²) in [5.74, 6) is 0. The molecule has 4 nitrogen and oxygen atoms in total. The van der Waals surface area contributed by atoms with E-state index in [4.69, 9.17) is 0 Å². The van der Waals surface area contributed by atoms with E-state index < -0.39 is 0 Å². The molecule has 0 saturated carbocycles. The van der Waals surface area contributed by atoms with Gasteiger partial charge in [0.25, 0.3) is 0 Å². The van der Waals surface area contributed by atoms with Gasteiger partial charge in [0.2, 0.25) is 0 Å². The molecule has 2 heterocycles. The zero-order valence-electron chi connectivity index (χ0n) is 8.47. The van der Waals surface area contributed by atoms with Gasteiger partial charge in [0.05, 0.1) is 5.69 Å². The van der Waals surface area contributed by atoms with Gasteiger partial charge in [0.15, 0.2) is 0 Å². The van der Waals surface area contributed by atoms with Crippen LogP contribution in [-0.4, -0.2) is 14.6 Å². The van der Waals surface area contributed by atoms with E-state index >= 15 is 0 Å². The molecule has 2 aromatic heterocycles. The van der Waals surface area contributed by atoms with Gasteiger partial charge < -0.3 is 5.32 Å². The number of pyridine rings is 1. The van der Waals surface area contributed by atoms with Crippen molar-refractivity contribution in [2.45, 2.75) is 20.0 Å². The maximum atomic E-state index is 4.23. The molecule has 0 fully saturated rings. The van der Waals surface area contributed by atoms with Crippen LogP contribution in [-0.2, 0) is 13.1 Å². The molecule has 0 saturated heterocycles. The van der Waals surface area contributed by atoms with Gasteiger partial charge in [-0.25, -0.2) is 0 Å². The summed E-state index contributed by atoms with van der Waals surface area (Å²) in [7, 11) is 0. The Morgan fingerprint density at radius 3 is 2.93 bits per heavy atom. The second-order valence-corrected chi connectivity index (χ2v) is 3.92. The van der Waals surface area contributed by atoms with Crippen LogP contribution < -0.4 is 5.32 Å². The summed E-state index contributed by atoms with van der Waals surface area (Å²) < 4.78 is 3.80. The van der Waals surface area contributed by atoms with Crippen LogP contribution in [0.2, 0.25) is 0 Å². The van der Waals surface area contributed by atoms with Crippen molar-refractivity contribution >= 4 is 11.5 Å². The largest absolute Gasteiger partial charge is 0.307 e. The molecule has 0 aliphatic rings. The number of nitrogens with zero attached hydrogens (tertiary/aromatic N) is 3. The minimum atomic E-state index is 0.754. The van der Waals surface area contributed by atoms with Crippen molar-refractivity contribution < 1.29 is 0 Å². The van der Waals surface area contributed by atoms with Crippen LogP contribution in [0.5, 0.6) is 0 Å². The first-order valence-corrected chi connectivity index (χ1v) is 5.56. The lowest BCUT2D eigenvalue weighted by atomic mass is 10.2. The van der Waals surface area contributed by atoms with Crippen molar-refractivity contribution in [3.8, 4) is 0 Å². The van der Waals surface area contributed by atoms with Gasteiger partial charge in [-0.3, -0.25) is 4.98 Å². The first-order chi connectivity index (χ1) is 7.34. The van der Waals surface area contributed by atoms with E-state index in [9.17, 15) is 0 Å². The molecule has 2 rings (SSSR count). The summed E-state index contributed by atoms with van der Waals surface area (Å²) in [6, 6.07) is 4.09. The molecule has 78 valence electrons. The topological polar surface area (TPSA) is 50.7 Å². The lowest BCUT2D eigenvalue weighted by molar-refractivity contribution is 0.675. The van der Waals surface area contributed by atoms with Gasteiger partial charge in [-0.05, 0) is 30.1 Å². The summed E-state index contributed by atoms with van der Waals surface area (Å²) in [5.41, 5.74) is 3.21. The summed E-state index contributed by atoms with van der Waals surface area (Å²) in [6.45, 7) is 3.55. The van der Waals surface area contributed by atoms with Crippen molar-refractivity contribution in [1.82, 2.24) is 19.9 Å². The van der Waals surface area contributed by atoms with Gasteiger partial charge in [-0.15, -0.1) is 5.10 Å². The fourth-order valence-corrected chi connectivity index (χ4v) is 1.65. The summed E-state index contributed by atoms with van der Waals surface area (Å²) in [5, 5.41) is 9.18. The first-order valence-electron chi connectivity index (χ1n) is 4.73. The second kappa shape index (κ2) is 4.95. The predicted molar refractivity (Wildman–Crippen MR) is 59.4 cm³/mol. The summed E-state index contributed by atoms with van der Waals surface area (Å²) >= 11 is 1.37. The molecular weight excluding hydrogens is 208 g/mol. The van der Waals surface area contributed by atoms with E-state index in [1.165, 1.54) is 17.1 Å². The molecule has 0 aliphatic carbocycles. The highest BCUT2D eigenvalue weighted by Gasteiger charge is 1.96. The molecule has 15 heavy (non-hydrogen) atoms. The van der Waals surface area contributed by atoms with Crippen LogP contribution in [0.15, 0.2) is 23.7 Å². The molecule has 2 aromatic rings. The van der Waals surface area contributed by atoms with E-state index in [1.54, 1.807) is 0 Å². The minimum Gasteiger partial charge on any atom is -0.307 e. The lowest BCUT2D eigenvalue weighted by Gasteiger charge is -2.02. The highest BCUT2D eigenvalue weighted by molar-refractivity contribution is 7.03. The zero-order valence-corrected chi connectivity index (χ0v) is 9.29. The molecule has 5 heteroatoms. The van der Waals surface area contributed by atoms with E-state index in [2.05, 4.69) is 26.0 Å². The van der Waals surface area contributed by atoms with Crippen molar-refractivity contribution in [2.75, 3.05) is 0 Å². The van der Waals surface area contributed by atoms with E-state index in [0.29, 0.717) is 0 Å². The highest BCUT2D eigenvalue weighted by Crippen LogP contribution is 2.00. The molecule has 0 unspecified atom stereocenters. The Morgan fingerprint density at radius 2 is 2.27 bits per heavy atom. The number of aromatic nitrogens is 3. The maximum Gasteiger partial charge on any atom is 0.0893 e. The third-order valence-electron chi connectivity index (χ3n) is 2.01. The molecule has 0 aliphatic heterocycles. The number of hydrogen-bond donors (Lipinski definition) is 1. The van der Waals surface area contributed by atoms with E-state index in [0.717, 1.165) is 24.5 Å². The first kappa shape index (κ1) is 10.2. The third-order valence-corrected chi connectivity index (χ3v) is 2.57. The number of nitrogens with one attached hydrogen (secondary N) is 1. The second-order valence-electron chi connectivity index (χ2n) is 3.31. The van der Waals surface area contributed by atoms with Gasteiger partial charge in [0, 0.05) is 30.4 Å². The zero-order chi connectivity index (χ0) is 10.5. The van der Waals surface area contributed by atoms with Crippen molar-refractivity contribution in [2.24, 2.45) is 0 Å². The Balaban J connectivity index is 1.81. The fourth-order valence-electron chi connectivity index (χ4n) is 1.20. The van der Waals surface area contributed by atoms with Gasteiger partial charge in [-0.2, -0.15) is 0 Å². The molecule has 0 bridgehead atoms. The van der Waals surface area contributed by atoms with Gasteiger partial charge in [-0.1, -0.05) is 10.6 Å². The highest BCUT2D eigenvalue weighted by atomic mass is 32.1. The van der Waals surface area contributed by atoms with E-state index in [-0.39, 0.29) is 0 Å². The van der Waals surface area contributed by atoms with Crippen molar-refractivity contribution in [3.63, 3.8) is 0 Å². The molecule has 0 aromatic carbocycles. The Hall–Kier alpha value is -1.33. The average molecular weight is 220 g/mol. The SMILES string of the molecule is Cc1ccc(CNCc2csnn2)cn1. The normalized spacial score (nSPS) is 10.5. The quantitative estimate of drug-likeness (QED) is 0.849. The molecule has 0 radical (unpaired) electrons. The Bertz CT molecular complexity index is 396. The summed E-state index contributed by atoms with van der Waals surface area (Å²) in [4.78, 5) is 4.23. The molecule has 0 atom stereocenters. The Labute approximate surface area is 92.5 Å². The molecular formula is C10H12N4S. The van der Waals surface area contributed by atoms with Crippen LogP contribution in [0.1, 0.15) is 17.0 Å². The molecule has 1 N–H and O–H groups in total. The molecule has 0 amide bonds. The van der Waals surface area contributed by atoms with Crippen LogP contribution in [0.25, 0.3) is 0 Å². The third kappa shape index (κ3) is 3.07. The smallest absolute Gasteiger partial charge is 0.0893 e. The van der Waals surface area contributed by atoms with Gasteiger partial charge in [0.1, 0.15) is 0 Å². The standard InChI is InChI=1S/C10H12N4S/c1-8-2-3-9(5-12-8)4-11-6-10-7-15-14-13-10/h2-3,5,7,11H,4,6H2,1H3. The number of rotatable bonds is 4. The number of aryl methyl sites for hydroxylation is 1. The molecule has 0 spiro atoms. The Kier molecular flexibility index (Phi) is 3.37. The Morgan fingerprint density at radius 1 is 1.33 bits per heavy atom. The van der Waals surface area contributed by atoms with E-state index in [1.807, 2.05) is 24.6 Å². The van der Waals surface area contributed by atoms with Crippen LogP contribution in [0, 0.1) is 6.92 Å². The number of hydrogen-bond acceptors (Lipinski definition) is 5. The lowest BCUT2D eigenvalue weighted by Crippen LogP contribution is -2.13. The maximum absolute atomic E-state index is 4.23. The summed E-state index contributed by atoms with van der Waals surface area (Å²) in [6.07, 6.45) is 1.89. The monoisotopic (exact) mass is 220 g/mol. The fraction of sp³-hybridized carbons (Fsp3) is 0.300. The van der Waals surface area contributed by atoms with Gasteiger partial charge >= 0.3 is 0 Å². The van der Waals surface area contributed by atoms with Crippen LogP contribution >= 0.6 is 11.5 Å². The van der Waals surface area contributed by atoms with Crippen molar-refractivity contribution in [1.29, 1.82) is 0 Å². The van der Waals surface area contributed by atoms with Crippen molar-refractivity contribution in [3.05, 3.63) is 40.7 Å².